The van der Waals surface area contributed by atoms with Crippen LogP contribution in [0.15, 0.2) is 24.3 Å². The van der Waals surface area contributed by atoms with Gasteiger partial charge in [0.05, 0.1) is 10.2 Å². The van der Waals surface area contributed by atoms with E-state index in [4.69, 9.17) is 0 Å². The van der Waals surface area contributed by atoms with E-state index < -0.39 is 0 Å². The van der Waals surface area contributed by atoms with Gasteiger partial charge < -0.3 is 0 Å². The highest BCUT2D eigenvalue weighted by atomic mass is 32.1. The van der Waals surface area contributed by atoms with Gasteiger partial charge in [-0.1, -0.05) is 23.5 Å². The smallest absolute Gasteiger partial charge is 0.230 e. The lowest BCUT2D eigenvalue weighted by atomic mass is 10.3. The monoisotopic (exact) mass is 207 g/mol. The molecule has 2 aromatic rings. The molecule has 0 bridgehead atoms. The molecule has 1 N–H and O–H groups in total. The Morgan fingerprint density at radius 2 is 2.29 bits per heavy atom. The molecule has 0 aliphatic heterocycles. The van der Waals surface area contributed by atoms with Crippen molar-refractivity contribution >= 4 is 33.1 Å². The van der Waals surface area contributed by atoms with Gasteiger partial charge in [-0.3, -0.25) is 4.79 Å². The van der Waals surface area contributed by atoms with Crippen molar-refractivity contribution < 1.29 is 4.79 Å². The maximum absolute atomic E-state index is 10.6. The lowest BCUT2D eigenvalue weighted by Gasteiger charge is -2.09. The average Bonchev–Trinajstić information content (AvgIpc) is 2.63. The summed E-state index contributed by atoms with van der Waals surface area (Å²) in [6.45, 7) is 0. The lowest BCUT2D eigenvalue weighted by Crippen LogP contribution is -2.33. The Bertz CT molecular complexity index is 421. The third kappa shape index (κ3) is 1.47. The van der Waals surface area contributed by atoms with Crippen LogP contribution in [0.1, 0.15) is 0 Å². The fourth-order valence-corrected chi connectivity index (χ4v) is 2.09. The number of aromatic nitrogens is 1. The highest BCUT2D eigenvalue weighted by molar-refractivity contribution is 7.22. The Morgan fingerprint density at radius 3 is 2.93 bits per heavy atom. The molecule has 72 valence electrons. The first-order valence-electron chi connectivity index (χ1n) is 4.12. The molecule has 0 atom stereocenters. The Morgan fingerprint density at radius 1 is 1.50 bits per heavy atom. The minimum absolute atomic E-state index is 0.656. The van der Waals surface area contributed by atoms with Gasteiger partial charge >= 0.3 is 0 Å². The van der Waals surface area contributed by atoms with E-state index in [1.807, 2.05) is 24.3 Å². The molecule has 0 aliphatic rings. The van der Waals surface area contributed by atoms with Crippen LogP contribution in [0.2, 0.25) is 0 Å². The van der Waals surface area contributed by atoms with Crippen molar-refractivity contribution in [2.45, 2.75) is 0 Å². The van der Waals surface area contributed by atoms with Gasteiger partial charge in [0, 0.05) is 7.05 Å². The van der Waals surface area contributed by atoms with E-state index in [0.29, 0.717) is 11.5 Å². The van der Waals surface area contributed by atoms with Crippen LogP contribution in [-0.2, 0) is 4.79 Å². The maximum atomic E-state index is 10.6. The number of fused-ring (bicyclic) bond motifs is 1. The van der Waals surface area contributed by atoms with E-state index in [0.717, 1.165) is 10.2 Å². The van der Waals surface area contributed by atoms with E-state index in [1.54, 1.807) is 7.05 Å². The minimum atomic E-state index is 0.656. The van der Waals surface area contributed by atoms with Gasteiger partial charge in [-0.2, -0.15) is 0 Å². The number of anilines is 1. The summed E-state index contributed by atoms with van der Waals surface area (Å²) in [7, 11) is 1.68. The van der Waals surface area contributed by atoms with Crippen LogP contribution >= 0.6 is 11.3 Å². The quantitative estimate of drug-likeness (QED) is 0.611. The van der Waals surface area contributed by atoms with Crippen molar-refractivity contribution in [3.05, 3.63) is 24.3 Å². The van der Waals surface area contributed by atoms with Gasteiger partial charge in [-0.05, 0) is 12.1 Å². The first-order chi connectivity index (χ1) is 6.85. The van der Waals surface area contributed by atoms with Crippen LogP contribution in [0, 0.1) is 0 Å². The summed E-state index contributed by atoms with van der Waals surface area (Å²) in [5.41, 5.74) is 3.65. The Kier molecular flexibility index (Phi) is 2.43. The van der Waals surface area contributed by atoms with E-state index >= 15 is 0 Å². The first-order valence-corrected chi connectivity index (χ1v) is 4.94. The highest BCUT2D eigenvalue weighted by Crippen LogP contribution is 2.26. The molecule has 0 aliphatic carbocycles. The molecule has 0 radical (unpaired) electrons. The third-order valence-corrected chi connectivity index (χ3v) is 2.87. The van der Waals surface area contributed by atoms with Crippen molar-refractivity contribution in [1.82, 2.24) is 10.4 Å². The van der Waals surface area contributed by atoms with E-state index in [2.05, 4.69) is 10.4 Å². The summed E-state index contributed by atoms with van der Waals surface area (Å²) in [5.74, 6) is 0. The van der Waals surface area contributed by atoms with E-state index in [1.165, 1.54) is 16.3 Å². The largest absolute Gasteiger partial charge is 0.277 e. The van der Waals surface area contributed by atoms with E-state index in [9.17, 15) is 4.79 Å². The van der Waals surface area contributed by atoms with Crippen LogP contribution in [0.5, 0.6) is 0 Å². The number of para-hydroxylation sites is 1. The molecule has 1 aromatic heterocycles. The summed E-state index contributed by atoms with van der Waals surface area (Å²) in [6, 6.07) is 7.79. The van der Waals surface area contributed by atoms with Gasteiger partial charge in [0.2, 0.25) is 11.5 Å². The zero-order chi connectivity index (χ0) is 9.97. The summed E-state index contributed by atoms with van der Waals surface area (Å²) in [4.78, 5) is 14.9. The summed E-state index contributed by atoms with van der Waals surface area (Å²) >= 11 is 1.48. The van der Waals surface area contributed by atoms with Crippen molar-refractivity contribution in [3.63, 3.8) is 0 Å². The summed E-state index contributed by atoms with van der Waals surface area (Å²) < 4.78 is 1.07. The zero-order valence-corrected chi connectivity index (χ0v) is 8.41. The molecule has 0 spiro atoms. The molecule has 2 rings (SSSR count). The zero-order valence-electron chi connectivity index (χ0n) is 7.60. The minimum Gasteiger partial charge on any atom is -0.277 e. The number of hydrogen-bond acceptors (Lipinski definition) is 4. The first kappa shape index (κ1) is 9.11. The second-order valence-corrected chi connectivity index (χ2v) is 3.67. The van der Waals surface area contributed by atoms with Gasteiger partial charge in [-0.15, -0.1) is 0 Å². The maximum Gasteiger partial charge on any atom is 0.230 e. The number of benzene rings is 1. The fourth-order valence-electron chi connectivity index (χ4n) is 1.16. The third-order valence-electron chi connectivity index (χ3n) is 1.83. The van der Waals surface area contributed by atoms with Gasteiger partial charge in [-0.25, -0.2) is 15.4 Å². The van der Waals surface area contributed by atoms with Gasteiger partial charge in [0.15, 0.2) is 0 Å². The normalized spacial score (nSPS) is 10.4. The van der Waals surface area contributed by atoms with Gasteiger partial charge in [0.25, 0.3) is 0 Å². The number of amides is 1. The Hall–Kier alpha value is -1.46. The second-order valence-electron chi connectivity index (χ2n) is 2.66. The Labute approximate surface area is 85.1 Å². The number of carbonyl (C=O) groups is 1. The second kappa shape index (κ2) is 3.73. The average molecular weight is 207 g/mol. The van der Waals surface area contributed by atoms with Crippen LogP contribution in [0.25, 0.3) is 10.2 Å². The van der Waals surface area contributed by atoms with Crippen LogP contribution in [0.3, 0.4) is 0 Å². The van der Waals surface area contributed by atoms with Crippen molar-refractivity contribution in [2.75, 3.05) is 12.1 Å². The van der Waals surface area contributed by atoms with Gasteiger partial charge in [0.1, 0.15) is 0 Å². The Balaban J connectivity index is 2.48. The molecule has 5 heteroatoms. The topological polar surface area (TPSA) is 45.2 Å². The number of hydrogen-bond donors (Lipinski definition) is 1. The van der Waals surface area contributed by atoms with Crippen LogP contribution in [0.4, 0.5) is 5.13 Å². The standard InChI is InChI=1S/C9H9N3OS/c1-10-12(6-13)9-11-7-4-2-3-5-8(7)14-9/h2-6,10H,1H3. The predicted molar refractivity (Wildman–Crippen MR) is 57.2 cm³/mol. The van der Waals surface area contributed by atoms with Crippen molar-refractivity contribution in [2.24, 2.45) is 0 Å². The summed E-state index contributed by atoms with van der Waals surface area (Å²) in [6.07, 6.45) is 0.706. The molecule has 1 heterocycles. The highest BCUT2D eigenvalue weighted by Gasteiger charge is 2.08. The van der Waals surface area contributed by atoms with Crippen molar-refractivity contribution in [3.8, 4) is 0 Å². The van der Waals surface area contributed by atoms with E-state index in [-0.39, 0.29) is 0 Å². The molecule has 0 fully saturated rings. The summed E-state index contributed by atoms with van der Waals surface area (Å²) in [5, 5.41) is 2.01. The molecule has 4 nitrogen and oxygen atoms in total. The SMILES string of the molecule is CNN(C=O)c1nc2ccccc2s1. The molecular formula is C9H9N3OS. The number of nitrogens with zero attached hydrogens (tertiary/aromatic N) is 2. The predicted octanol–water partition coefficient (Wildman–Crippen LogP) is 1.39. The van der Waals surface area contributed by atoms with Crippen LogP contribution in [-0.4, -0.2) is 18.4 Å². The number of hydrazine groups is 1. The lowest BCUT2D eigenvalue weighted by molar-refractivity contribution is -0.107. The molecule has 0 unspecified atom stereocenters. The number of carbonyl (C=O) groups excluding carboxylic acids is 1. The van der Waals surface area contributed by atoms with Crippen LogP contribution < -0.4 is 10.4 Å². The molecule has 0 saturated heterocycles. The molecular weight excluding hydrogens is 198 g/mol. The number of thiazole rings is 1. The number of rotatable bonds is 3. The molecule has 1 aromatic carbocycles. The molecule has 14 heavy (non-hydrogen) atoms. The number of nitrogens with one attached hydrogen (secondary N) is 1. The van der Waals surface area contributed by atoms with Crippen molar-refractivity contribution in [1.29, 1.82) is 0 Å². The molecule has 1 amide bonds. The fraction of sp³-hybridized carbons (Fsp3) is 0.111. The molecule has 0 saturated carbocycles.